The van der Waals surface area contributed by atoms with E-state index in [2.05, 4.69) is 6.58 Å². The van der Waals surface area contributed by atoms with E-state index >= 15 is 0 Å². The van der Waals surface area contributed by atoms with Crippen molar-refractivity contribution in [3.8, 4) is 0 Å². The summed E-state index contributed by atoms with van der Waals surface area (Å²) in [6.07, 6.45) is 1.73. The predicted octanol–water partition coefficient (Wildman–Crippen LogP) is 1.64. The number of ether oxygens (including phenoxy) is 2. The number of carbonyl (C=O) groups is 1. The molecule has 1 rings (SSSR count). The number of carbonyl (C=O) groups excluding carboxylic acids is 1. The van der Waals surface area contributed by atoms with Crippen molar-refractivity contribution in [2.75, 3.05) is 0 Å². The van der Waals surface area contributed by atoms with Gasteiger partial charge in [0.2, 0.25) is 0 Å². The van der Waals surface area contributed by atoms with Crippen LogP contribution in [0.15, 0.2) is 24.2 Å². The maximum Gasteiger partial charge on any atom is 0.344 e. The van der Waals surface area contributed by atoms with E-state index in [1.54, 1.807) is 13.8 Å². The highest BCUT2D eigenvalue weighted by Gasteiger charge is 2.35. The van der Waals surface area contributed by atoms with Crippen LogP contribution in [0.25, 0.3) is 0 Å². The van der Waals surface area contributed by atoms with E-state index in [9.17, 15) is 9.90 Å². The summed E-state index contributed by atoms with van der Waals surface area (Å²) in [6.45, 7) is 6.55. The van der Waals surface area contributed by atoms with Crippen LogP contribution in [0.4, 0.5) is 0 Å². The first-order valence-corrected chi connectivity index (χ1v) is 3.91. The molecule has 1 aliphatic rings. The van der Waals surface area contributed by atoms with Crippen LogP contribution in [0.1, 0.15) is 20.3 Å². The standard InChI is InChI=1S/C9H12O4/c1-4-5-6-7(10)12-9(2,3)13-8(6)11/h4,10H,1,5H2,2-3H3. The minimum atomic E-state index is -1.09. The van der Waals surface area contributed by atoms with Crippen LogP contribution < -0.4 is 0 Å². The average molecular weight is 184 g/mol. The first-order valence-electron chi connectivity index (χ1n) is 3.91. The molecule has 0 unspecified atom stereocenters. The van der Waals surface area contributed by atoms with Gasteiger partial charge in [0.25, 0.3) is 11.7 Å². The van der Waals surface area contributed by atoms with E-state index in [0.717, 1.165) is 0 Å². The second-order valence-corrected chi connectivity index (χ2v) is 3.17. The topological polar surface area (TPSA) is 55.8 Å². The molecule has 1 heterocycles. The van der Waals surface area contributed by atoms with Gasteiger partial charge in [-0.3, -0.25) is 0 Å². The van der Waals surface area contributed by atoms with E-state index in [-0.39, 0.29) is 17.9 Å². The number of cyclic esters (lactones) is 1. The zero-order valence-corrected chi connectivity index (χ0v) is 7.66. The second kappa shape index (κ2) is 3.12. The van der Waals surface area contributed by atoms with Gasteiger partial charge in [0.05, 0.1) is 0 Å². The molecular formula is C9H12O4. The smallest absolute Gasteiger partial charge is 0.344 e. The number of aliphatic hydroxyl groups is 1. The molecule has 0 atom stereocenters. The summed E-state index contributed by atoms with van der Waals surface area (Å²) < 4.78 is 9.84. The summed E-state index contributed by atoms with van der Waals surface area (Å²) in [5, 5.41) is 9.31. The Kier molecular flexibility index (Phi) is 2.32. The van der Waals surface area contributed by atoms with E-state index < -0.39 is 11.8 Å². The second-order valence-electron chi connectivity index (χ2n) is 3.17. The first kappa shape index (κ1) is 9.64. The van der Waals surface area contributed by atoms with Crippen LogP contribution in [-0.2, 0) is 14.3 Å². The molecule has 4 heteroatoms. The maximum absolute atomic E-state index is 11.2. The number of rotatable bonds is 2. The van der Waals surface area contributed by atoms with Gasteiger partial charge in [-0.05, 0) is 0 Å². The van der Waals surface area contributed by atoms with Gasteiger partial charge >= 0.3 is 5.97 Å². The Morgan fingerprint density at radius 2 is 2.15 bits per heavy atom. The van der Waals surface area contributed by atoms with Crippen molar-refractivity contribution in [2.45, 2.75) is 26.1 Å². The van der Waals surface area contributed by atoms with Crippen LogP contribution >= 0.6 is 0 Å². The van der Waals surface area contributed by atoms with Crippen molar-refractivity contribution < 1.29 is 19.4 Å². The number of esters is 1. The van der Waals surface area contributed by atoms with Crippen LogP contribution in [0, 0.1) is 0 Å². The van der Waals surface area contributed by atoms with Crippen molar-refractivity contribution in [3.05, 3.63) is 24.2 Å². The Morgan fingerprint density at radius 1 is 1.54 bits per heavy atom. The third kappa shape index (κ3) is 2.02. The zero-order chi connectivity index (χ0) is 10.1. The minimum Gasteiger partial charge on any atom is -0.481 e. The molecule has 0 aromatic heterocycles. The molecule has 1 N–H and O–H groups in total. The van der Waals surface area contributed by atoms with Gasteiger partial charge < -0.3 is 14.6 Å². The highest BCUT2D eigenvalue weighted by molar-refractivity contribution is 5.89. The molecule has 0 aromatic carbocycles. The number of allylic oxidation sites excluding steroid dienone is 1. The summed E-state index contributed by atoms with van der Waals surface area (Å²) in [5.41, 5.74) is 0.106. The third-order valence-electron chi connectivity index (χ3n) is 1.53. The van der Waals surface area contributed by atoms with Gasteiger partial charge in [-0.15, -0.1) is 6.58 Å². The quantitative estimate of drug-likeness (QED) is 0.523. The zero-order valence-electron chi connectivity index (χ0n) is 7.66. The molecule has 0 aliphatic carbocycles. The van der Waals surface area contributed by atoms with Gasteiger partial charge in [0.15, 0.2) is 0 Å². The molecular weight excluding hydrogens is 172 g/mol. The fourth-order valence-corrected chi connectivity index (χ4v) is 1.00. The van der Waals surface area contributed by atoms with Crippen LogP contribution in [0.3, 0.4) is 0 Å². The Morgan fingerprint density at radius 3 is 2.62 bits per heavy atom. The van der Waals surface area contributed by atoms with Crippen molar-refractivity contribution in [1.82, 2.24) is 0 Å². The Labute approximate surface area is 76.5 Å². The molecule has 72 valence electrons. The normalized spacial score (nSPS) is 20.6. The number of hydrogen-bond acceptors (Lipinski definition) is 4. The third-order valence-corrected chi connectivity index (χ3v) is 1.53. The summed E-state index contributed by atoms with van der Waals surface area (Å²) in [5.74, 6) is -2.03. The van der Waals surface area contributed by atoms with Gasteiger partial charge in [-0.1, -0.05) is 6.08 Å². The lowest BCUT2D eigenvalue weighted by Gasteiger charge is -2.30. The molecule has 0 amide bonds. The van der Waals surface area contributed by atoms with Crippen LogP contribution in [0.2, 0.25) is 0 Å². The summed E-state index contributed by atoms with van der Waals surface area (Å²) >= 11 is 0. The SMILES string of the molecule is C=CCC1=C(O)OC(C)(C)OC1=O. The summed E-state index contributed by atoms with van der Waals surface area (Å²) in [4.78, 5) is 11.2. The van der Waals surface area contributed by atoms with Crippen LogP contribution in [0.5, 0.6) is 0 Å². The fourth-order valence-electron chi connectivity index (χ4n) is 1.00. The Balaban J connectivity index is 2.94. The van der Waals surface area contributed by atoms with Gasteiger partial charge in [-0.2, -0.15) is 0 Å². The lowest BCUT2D eigenvalue weighted by molar-refractivity contribution is -0.222. The highest BCUT2D eigenvalue weighted by Crippen LogP contribution is 2.26. The molecule has 0 saturated heterocycles. The molecule has 1 aliphatic heterocycles. The first-order chi connectivity index (χ1) is 5.96. The monoisotopic (exact) mass is 184 g/mol. The molecule has 0 aromatic rings. The lowest BCUT2D eigenvalue weighted by atomic mass is 10.2. The molecule has 0 fully saturated rings. The van der Waals surface area contributed by atoms with E-state index in [1.807, 2.05) is 0 Å². The lowest BCUT2D eigenvalue weighted by Crippen LogP contribution is -2.36. The number of aliphatic hydroxyl groups excluding tert-OH is 1. The molecule has 4 nitrogen and oxygen atoms in total. The van der Waals surface area contributed by atoms with Crippen molar-refractivity contribution in [1.29, 1.82) is 0 Å². The Bertz CT molecular complexity index is 275. The average Bonchev–Trinajstić information content (AvgIpc) is 1.94. The molecule has 0 saturated carbocycles. The van der Waals surface area contributed by atoms with Crippen molar-refractivity contribution in [3.63, 3.8) is 0 Å². The molecule has 0 radical (unpaired) electrons. The summed E-state index contributed by atoms with van der Waals surface area (Å²) in [7, 11) is 0. The molecule has 13 heavy (non-hydrogen) atoms. The largest absolute Gasteiger partial charge is 0.481 e. The van der Waals surface area contributed by atoms with Crippen LogP contribution in [-0.4, -0.2) is 16.9 Å². The fraction of sp³-hybridized carbons (Fsp3) is 0.444. The molecule has 0 bridgehead atoms. The van der Waals surface area contributed by atoms with Gasteiger partial charge in [-0.25, -0.2) is 4.79 Å². The van der Waals surface area contributed by atoms with E-state index in [4.69, 9.17) is 9.47 Å². The predicted molar refractivity (Wildman–Crippen MR) is 45.7 cm³/mol. The summed E-state index contributed by atoms with van der Waals surface area (Å²) in [6, 6.07) is 0. The van der Waals surface area contributed by atoms with Crippen molar-refractivity contribution >= 4 is 5.97 Å². The minimum absolute atomic E-state index is 0.106. The van der Waals surface area contributed by atoms with E-state index in [1.165, 1.54) is 6.08 Å². The van der Waals surface area contributed by atoms with E-state index in [0.29, 0.717) is 0 Å². The molecule has 0 spiro atoms. The maximum atomic E-state index is 11.2. The highest BCUT2D eigenvalue weighted by atomic mass is 16.8. The number of hydrogen-bond donors (Lipinski definition) is 1. The van der Waals surface area contributed by atoms with Gasteiger partial charge in [0, 0.05) is 20.3 Å². The Hall–Kier alpha value is -1.45. The van der Waals surface area contributed by atoms with Crippen molar-refractivity contribution in [2.24, 2.45) is 0 Å². The van der Waals surface area contributed by atoms with Gasteiger partial charge in [0.1, 0.15) is 5.57 Å².